The number of aromatic nitrogens is 2. The molecule has 0 spiro atoms. The van der Waals surface area contributed by atoms with Crippen LogP contribution in [0.15, 0.2) is 36.8 Å². The van der Waals surface area contributed by atoms with E-state index < -0.39 is 0 Å². The summed E-state index contributed by atoms with van der Waals surface area (Å²) in [6, 6.07) is 5.53. The van der Waals surface area contributed by atoms with E-state index >= 15 is 0 Å². The first-order valence-electron chi connectivity index (χ1n) is 6.59. The Labute approximate surface area is 128 Å². The molecule has 0 bridgehead atoms. The van der Waals surface area contributed by atoms with Gasteiger partial charge in [0.05, 0.1) is 12.8 Å². The second kappa shape index (κ2) is 8.44. The minimum atomic E-state index is 0.209. The van der Waals surface area contributed by atoms with Crippen LogP contribution in [0.25, 0.3) is 0 Å². The predicted molar refractivity (Wildman–Crippen MR) is 79.8 cm³/mol. The van der Waals surface area contributed by atoms with Crippen molar-refractivity contribution in [3.8, 4) is 11.5 Å². The van der Waals surface area contributed by atoms with Crippen LogP contribution >= 0.6 is 11.6 Å². The van der Waals surface area contributed by atoms with Crippen molar-refractivity contribution in [1.82, 2.24) is 9.97 Å². The molecule has 0 unspecified atom stereocenters. The normalized spacial score (nSPS) is 10.4. The molecule has 2 heterocycles. The number of hydrogen-bond acceptors (Lipinski definition) is 5. The third-order valence-corrected chi connectivity index (χ3v) is 3.06. The zero-order chi connectivity index (χ0) is 14.9. The fourth-order valence-corrected chi connectivity index (χ4v) is 1.97. The van der Waals surface area contributed by atoms with Gasteiger partial charge in [-0.1, -0.05) is 11.6 Å². The van der Waals surface area contributed by atoms with Crippen molar-refractivity contribution < 1.29 is 14.2 Å². The van der Waals surface area contributed by atoms with Crippen LogP contribution in [0.2, 0.25) is 5.15 Å². The molecule has 21 heavy (non-hydrogen) atoms. The Morgan fingerprint density at radius 3 is 2.86 bits per heavy atom. The van der Waals surface area contributed by atoms with Crippen molar-refractivity contribution in [2.75, 3.05) is 20.5 Å². The summed E-state index contributed by atoms with van der Waals surface area (Å²) >= 11 is 5.92. The average Bonchev–Trinajstić information content (AvgIpc) is 2.52. The molecule has 0 saturated carbocycles. The van der Waals surface area contributed by atoms with Gasteiger partial charge in [0.1, 0.15) is 5.75 Å². The van der Waals surface area contributed by atoms with Crippen LogP contribution in [0.5, 0.6) is 11.5 Å². The van der Waals surface area contributed by atoms with Crippen molar-refractivity contribution in [1.29, 1.82) is 0 Å². The molecule has 0 amide bonds. The van der Waals surface area contributed by atoms with Gasteiger partial charge in [0, 0.05) is 19.5 Å². The molecule has 0 fully saturated rings. The van der Waals surface area contributed by atoms with Gasteiger partial charge >= 0.3 is 0 Å². The highest BCUT2D eigenvalue weighted by atomic mass is 35.5. The molecule has 0 aliphatic carbocycles. The van der Waals surface area contributed by atoms with E-state index in [9.17, 15) is 0 Å². The van der Waals surface area contributed by atoms with Crippen LogP contribution in [0, 0.1) is 0 Å². The van der Waals surface area contributed by atoms with Crippen molar-refractivity contribution in [3.63, 3.8) is 0 Å². The molecule has 0 saturated heterocycles. The first-order valence-corrected chi connectivity index (χ1v) is 6.97. The van der Waals surface area contributed by atoms with Crippen LogP contribution in [0.3, 0.4) is 0 Å². The predicted octanol–water partition coefficient (Wildman–Crippen LogP) is 3.12. The minimum Gasteiger partial charge on any atom is -0.490 e. The molecule has 5 nitrogen and oxygen atoms in total. The molecular formula is C15H17ClN2O3. The van der Waals surface area contributed by atoms with Crippen molar-refractivity contribution >= 4 is 11.6 Å². The Kier molecular flexibility index (Phi) is 6.24. The molecular weight excluding hydrogens is 292 g/mol. The number of nitrogens with zero attached hydrogens (tertiary/aromatic N) is 2. The minimum absolute atomic E-state index is 0.209. The van der Waals surface area contributed by atoms with Gasteiger partial charge in [-0.3, -0.25) is 4.98 Å². The first-order chi connectivity index (χ1) is 10.3. The largest absolute Gasteiger partial charge is 0.490 e. The summed E-state index contributed by atoms with van der Waals surface area (Å²) in [7, 11) is 1.58. The van der Waals surface area contributed by atoms with Gasteiger partial charge < -0.3 is 14.2 Å². The van der Waals surface area contributed by atoms with Crippen molar-refractivity contribution in [2.45, 2.75) is 12.8 Å². The molecule has 6 heteroatoms. The number of rotatable bonds is 8. The number of hydrogen-bond donors (Lipinski definition) is 0. The Balaban J connectivity index is 1.82. The average molecular weight is 309 g/mol. The van der Waals surface area contributed by atoms with Crippen molar-refractivity contribution in [3.05, 3.63) is 47.5 Å². The second-order valence-corrected chi connectivity index (χ2v) is 4.64. The summed E-state index contributed by atoms with van der Waals surface area (Å²) in [5, 5.41) is 0.380. The molecule has 2 aromatic rings. The van der Waals surface area contributed by atoms with Gasteiger partial charge in [0.15, 0.2) is 17.7 Å². The highest BCUT2D eigenvalue weighted by Gasteiger charge is 2.05. The number of pyridine rings is 2. The van der Waals surface area contributed by atoms with Crippen LogP contribution in [-0.4, -0.2) is 30.5 Å². The van der Waals surface area contributed by atoms with E-state index in [0.717, 1.165) is 24.2 Å². The van der Waals surface area contributed by atoms with Gasteiger partial charge in [-0.15, -0.1) is 0 Å². The van der Waals surface area contributed by atoms with Gasteiger partial charge in [-0.05, 0) is 36.6 Å². The van der Waals surface area contributed by atoms with Gasteiger partial charge in [-0.2, -0.15) is 0 Å². The van der Waals surface area contributed by atoms with Gasteiger partial charge in [0.2, 0.25) is 0 Å². The lowest BCUT2D eigenvalue weighted by Gasteiger charge is -2.10. The molecule has 0 aliphatic rings. The fraction of sp³-hybridized carbons (Fsp3) is 0.333. The van der Waals surface area contributed by atoms with Crippen LogP contribution in [0.4, 0.5) is 0 Å². The van der Waals surface area contributed by atoms with E-state index in [1.165, 1.54) is 0 Å². The van der Waals surface area contributed by atoms with E-state index in [1.54, 1.807) is 37.8 Å². The fourth-order valence-electron chi connectivity index (χ4n) is 1.79. The molecule has 2 rings (SSSR count). The monoisotopic (exact) mass is 308 g/mol. The van der Waals surface area contributed by atoms with E-state index in [2.05, 4.69) is 9.97 Å². The maximum Gasteiger partial charge on any atom is 0.188 e. The zero-order valence-electron chi connectivity index (χ0n) is 11.8. The maximum absolute atomic E-state index is 5.92. The smallest absolute Gasteiger partial charge is 0.188 e. The Morgan fingerprint density at radius 1 is 1.14 bits per heavy atom. The molecule has 112 valence electrons. The molecule has 2 aromatic heterocycles. The second-order valence-electron chi connectivity index (χ2n) is 4.28. The Bertz CT molecular complexity index is 566. The SMILES string of the molecule is COCOc1cnccc1CCCOc1cccnc1Cl. The molecule has 0 aromatic carbocycles. The van der Waals surface area contributed by atoms with Crippen LogP contribution in [0.1, 0.15) is 12.0 Å². The summed E-state index contributed by atoms with van der Waals surface area (Å²) in [5.41, 5.74) is 1.07. The quantitative estimate of drug-likeness (QED) is 0.426. The number of aryl methyl sites for hydroxylation is 1. The van der Waals surface area contributed by atoms with E-state index in [-0.39, 0.29) is 6.79 Å². The van der Waals surface area contributed by atoms with E-state index in [1.807, 2.05) is 6.07 Å². The van der Waals surface area contributed by atoms with Gasteiger partial charge in [0.25, 0.3) is 0 Å². The van der Waals surface area contributed by atoms with Crippen molar-refractivity contribution in [2.24, 2.45) is 0 Å². The lowest BCUT2D eigenvalue weighted by Crippen LogP contribution is -2.04. The summed E-state index contributed by atoms with van der Waals surface area (Å²) in [5.74, 6) is 1.34. The van der Waals surface area contributed by atoms with E-state index in [4.69, 9.17) is 25.8 Å². The molecule has 0 atom stereocenters. The third-order valence-electron chi connectivity index (χ3n) is 2.78. The van der Waals surface area contributed by atoms with Gasteiger partial charge in [-0.25, -0.2) is 4.98 Å². The standard InChI is InChI=1S/C15H17ClN2O3/c1-19-11-21-14-10-17-8-6-12(14)4-3-9-20-13-5-2-7-18-15(13)16/h2,5-8,10H,3-4,9,11H2,1H3. The Hall–Kier alpha value is -1.85. The molecule has 0 radical (unpaired) electrons. The topological polar surface area (TPSA) is 53.5 Å². The maximum atomic E-state index is 5.92. The molecule has 0 N–H and O–H groups in total. The molecule has 0 aliphatic heterocycles. The zero-order valence-corrected chi connectivity index (χ0v) is 12.5. The summed E-state index contributed by atoms with van der Waals surface area (Å²) in [6.07, 6.45) is 6.71. The van der Waals surface area contributed by atoms with Crippen LogP contribution < -0.4 is 9.47 Å². The number of halogens is 1. The summed E-state index contributed by atoms with van der Waals surface area (Å²) < 4.78 is 16.0. The van der Waals surface area contributed by atoms with Crippen LogP contribution in [-0.2, 0) is 11.2 Å². The highest BCUT2D eigenvalue weighted by Crippen LogP contribution is 2.21. The van der Waals surface area contributed by atoms with E-state index in [0.29, 0.717) is 17.5 Å². The summed E-state index contributed by atoms with van der Waals surface area (Å²) in [4.78, 5) is 8.01. The number of ether oxygens (including phenoxy) is 3. The lowest BCUT2D eigenvalue weighted by molar-refractivity contribution is 0.0501. The summed E-state index contributed by atoms with van der Waals surface area (Å²) in [6.45, 7) is 0.762. The third kappa shape index (κ3) is 4.88. The Morgan fingerprint density at radius 2 is 2.05 bits per heavy atom. The highest BCUT2D eigenvalue weighted by molar-refractivity contribution is 6.30. The lowest BCUT2D eigenvalue weighted by atomic mass is 10.1. The first kappa shape index (κ1) is 15.5. The number of methoxy groups -OCH3 is 1.